The zero-order chi connectivity index (χ0) is 14.5. The van der Waals surface area contributed by atoms with E-state index < -0.39 is 0 Å². The zero-order valence-corrected chi connectivity index (χ0v) is 13.1. The third-order valence-electron chi connectivity index (χ3n) is 3.06. The van der Waals surface area contributed by atoms with Gasteiger partial charge in [0.25, 0.3) is 5.91 Å². The van der Waals surface area contributed by atoms with Crippen molar-refractivity contribution >= 4 is 21.8 Å². The van der Waals surface area contributed by atoms with Gasteiger partial charge < -0.3 is 14.6 Å². The second-order valence-electron chi connectivity index (χ2n) is 4.70. The van der Waals surface area contributed by atoms with E-state index in [1.54, 1.807) is 12.1 Å². The van der Waals surface area contributed by atoms with Crippen LogP contribution in [-0.2, 0) is 0 Å². The molecule has 1 aromatic carbocycles. The molecule has 0 aliphatic heterocycles. The zero-order valence-electron chi connectivity index (χ0n) is 11.5. The Labute approximate surface area is 126 Å². The minimum absolute atomic E-state index is 0.124. The summed E-state index contributed by atoms with van der Waals surface area (Å²) in [7, 11) is 3.99. The number of carbonyl (C=O) groups excluding carboxylic acids is 1. The van der Waals surface area contributed by atoms with Gasteiger partial charge in [-0.1, -0.05) is 30.3 Å². The van der Waals surface area contributed by atoms with Crippen LogP contribution < -0.4 is 5.32 Å². The van der Waals surface area contributed by atoms with Crippen LogP contribution in [0.4, 0.5) is 0 Å². The fourth-order valence-electron chi connectivity index (χ4n) is 1.99. The summed E-state index contributed by atoms with van der Waals surface area (Å²) in [5.74, 6) is 0.0981. The van der Waals surface area contributed by atoms with Crippen molar-refractivity contribution in [1.29, 1.82) is 0 Å². The molecule has 0 saturated heterocycles. The van der Waals surface area contributed by atoms with Gasteiger partial charge in [-0.2, -0.15) is 0 Å². The fraction of sp³-hybridized carbons (Fsp3) is 0.267. The molecule has 1 unspecified atom stereocenters. The standard InChI is InChI=1S/C15H17BrN2O2/c1-18(2)12(11-6-4-3-5-7-11)10-17-15(19)13-8-9-14(16)20-13/h3-9,12H,10H2,1-2H3,(H,17,19). The van der Waals surface area contributed by atoms with Gasteiger partial charge in [-0.05, 0) is 47.7 Å². The normalized spacial score (nSPS) is 12.4. The van der Waals surface area contributed by atoms with Crippen LogP contribution in [0, 0.1) is 0 Å². The van der Waals surface area contributed by atoms with Crippen LogP contribution in [0.1, 0.15) is 22.2 Å². The predicted octanol–water partition coefficient (Wildman–Crippen LogP) is 3.07. The van der Waals surface area contributed by atoms with Gasteiger partial charge >= 0.3 is 0 Å². The summed E-state index contributed by atoms with van der Waals surface area (Å²) >= 11 is 3.19. The molecule has 20 heavy (non-hydrogen) atoms. The van der Waals surface area contributed by atoms with Crippen molar-refractivity contribution in [1.82, 2.24) is 10.2 Å². The highest BCUT2D eigenvalue weighted by Gasteiger charge is 2.16. The number of benzene rings is 1. The van der Waals surface area contributed by atoms with Crippen LogP contribution in [0.15, 0.2) is 51.6 Å². The summed E-state index contributed by atoms with van der Waals surface area (Å²) in [6.45, 7) is 0.522. The number of nitrogens with one attached hydrogen (secondary N) is 1. The average molecular weight is 337 g/mol. The Kier molecular flexibility index (Phi) is 4.98. The molecule has 4 nitrogen and oxygen atoms in total. The topological polar surface area (TPSA) is 45.5 Å². The molecule has 5 heteroatoms. The number of furan rings is 1. The molecular formula is C15H17BrN2O2. The van der Waals surface area contributed by atoms with E-state index >= 15 is 0 Å². The van der Waals surface area contributed by atoms with Crippen molar-refractivity contribution < 1.29 is 9.21 Å². The number of likely N-dealkylation sites (N-methyl/N-ethyl adjacent to an activating group) is 1. The van der Waals surface area contributed by atoms with Crippen LogP contribution in [-0.4, -0.2) is 31.4 Å². The van der Waals surface area contributed by atoms with E-state index in [2.05, 4.69) is 38.3 Å². The van der Waals surface area contributed by atoms with Crippen molar-refractivity contribution in [2.24, 2.45) is 0 Å². The molecule has 106 valence electrons. The molecule has 1 aromatic heterocycles. The molecule has 2 aromatic rings. The second kappa shape index (κ2) is 6.72. The third-order valence-corrected chi connectivity index (χ3v) is 3.49. The van der Waals surface area contributed by atoms with Gasteiger partial charge in [-0.3, -0.25) is 4.79 Å². The number of carbonyl (C=O) groups is 1. The maximum absolute atomic E-state index is 12.0. The molecule has 2 rings (SSSR count). The van der Waals surface area contributed by atoms with Crippen LogP contribution in [0.5, 0.6) is 0 Å². The van der Waals surface area contributed by atoms with Crippen molar-refractivity contribution in [2.75, 3.05) is 20.6 Å². The van der Waals surface area contributed by atoms with Gasteiger partial charge in [0.15, 0.2) is 10.4 Å². The van der Waals surface area contributed by atoms with Gasteiger partial charge in [0, 0.05) is 6.54 Å². The highest BCUT2D eigenvalue weighted by Crippen LogP contribution is 2.18. The summed E-state index contributed by atoms with van der Waals surface area (Å²) in [6.07, 6.45) is 0. The van der Waals surface area contributed by atoms with E-state index in [-0.39, 0.29) is 11.9 Å². The van der Waals surface area contributed by atoms with E-state index in [0.29, 0.717) is 17.0 Å². The van der Waals surface area contributed by atoms with E-state index in [9.17, 15) is 4.79 Å². The third kappa shape index (κ3) is 3.71. The SMILES string of the molecule is CN(C)C(CNC(=O)c1ccc(Br)o1)c1ccccc1. The van der Waals surface area contributed by atoms with Gasteiger partial charge in [-0.25, -0.2) is 0 Å². The van der Waals surface area contributed by atoms with Gasteiger partial charge in [0.2, 0.25) is 0 Å². The number of nitrogens with zero attached hydrogens (tertiary/aromatic N) is 1. The van der Waals surface area contributed by atoms with Gasteiger partial charge in [0.05, 0.1) is 6.04 Å². The molecule has 0 radical (unpaired) electrons. The predicted molar refractivity (Wildman–Crippen MR) is 81.6 cm³/mol. The van der Waals surface area contributed by atoms with Crippen LogP contribution in [0.2, 0.25) is 0 Å². The monoisotopic (exact) mass is 336 g/mol. The first-order valence-electron chi connectivity index (χ1n) is 6.33. The number of rotatable bonds is 5. The summed E-state index contributed by atoms with van der Waals surface area (Å²) in [5, 5.41) is 2.90. The van der Waals surface area contributed by atoms with Crippen molar-refractivity contribution in [3.8, 4) is 0 Å². The Morgan fingerprint density at radius 1 is 1.25 bits per heavy atom. The maximum Gasteiger partial charge on any atom is 0.287 e. The van der Waals surface area contributed by atoms with Gasteiger partial charge in [0.1, 0.15) is 0 Å². The van der Waals surface area contributed by atoms with Crippen LogP contribution in [0.25, 0.3) is 0 Å². The van der Waals surface area contributed by atoms with E-state index in [1.807, 2.05) is 32.3 Å². The number of amides is 1. The van der Waals surface area contributed by atoms with Crippen LogP contribution >= 0.6 is 15.9 Å². The smallest absolute Gasteiger partial charge is 0.287 e. The van der Waals surface area contributed by atoms with Crippen molar-refractivity contribution in [3.05, 3.63) is 58.5 Å². The quantitative estimate of drug-likeness (QED) is 0.912. The molecule has 0 bridgehead atoms. The Hall–Kier alpha value is -1.59. The molecular weight excluding hydrogens is 320 g/mol. The number of hydrogen-bond acceptors (Lipinski definition) is 3. The number of hydrogen-bond donors (Lipinski definition) is 1. The van der Waals surface area contributed by atoms with Gasteiger partial charge in [-0.15, -0.1) is 0 Å². The maximum atomic E-state index is 12.0. The van der Waals surface area contributed by atoms with Crippen molar-refractivity contribution in [3.63, 3.8) is 0 Å². The lowest BCUT2D eigenvalue weighted by Crippen LogP contribution is -2.34. The first-order valence-corrected chi connectivity index (χ1v) is 7.12. The lowest BCUT2D eigenvalue weighted by atomic mass is 10.1. The molecule has 1 amide bonds. The second-order valence-corrected chi connectivity index (χ2v) is 5.49. The van der Waals surface area contributed by atoms with Crippen LogP contribution in [0.3, 0.4) is 0 Å². The summed E-state index contributed by atoms with van der Waals surface area (Å²) < 4.78 is 5.79. The molecule has 1 atom stereocenters. The Bertz CT molecular complexity index is 566. The minimum atomic E-state index is -0.210. The molecule has 0 aliphatic carbocycles. The molecule has 1 heterocycles. The number of halogens is 1. The Balaban J connectivity index is 2.01. The highest BCUT2D eigenvalue weighted by molar-refractivity contribution is 9.10. The molecule has 0 saturated carbocycles. The first-order chi connectivity index (χ1) is 9.58. The van der Waals surface area contributed by atoms with E-state index in [1.165, 1.54) is 5.56 Å². The molecule has 0 fully saturated rings. The van der Waals surface area contributed by atoms with E-state index in [0.717, 1.165) is 0 Å². The Morgan fingerprint density at radius 2 is 1.95 bits per heavy atom. The highest BCUT2D eigenvalue weighted by atomic mass is 79.9. The lowest BCUT2D eigenvalue weighted by Gasteiger charge is -2.24. The summed E-state index contributed by atoms with van der Waals surface area (Å²) in [6, 6.07) is 13.6. The lowest BCUT2D eigenvalue weighted by molar-refractivity contribution is 0.0913. The van der Waals surface area contributed by atoms with E-state index in [4.69, 9.17) is 4.42 Å². The molecule has 1 N–H and O–H groups in total. The Morgan fingerprint density at radius 3 is 2.50 bits per heavy atom. The summed E-state index contributed by atoms with van der Waals surface area (Å²) in [4.78, 5) is 14.0. The summed E-state index contributed by atoms with van der Waals surface area (Å²) in [5.41, 5.74) is 1.17. The fourth-order valence-corrected chi connectivity index (χ4v) is 2.29. The largest absolute Gasteiger partial charge is 0.444 e. The van der Waals surface area contributed by atoms with Crippen molar-refractivity contribution in [2.45, 2.75) is 6.04 Å². The minimum Gasteiger partial charge on any atom is -0.444 e. The molecule has 0 aliphatic rings. The molecule has 0 spiro atoms. The average Bonchev–Trinajstić information content (AvgIpc) is 2.86. The first kappa shape index (κ1) is 14.8.